The Hall–Kier alpha value is -3.33. The summed E-state index contributed by atoms with van der Waals surface area (Å²) in [6.07, 6.45) is 3.50. The molecule has 0 saturated carbocycles. The summed E-state index contributed by atoms with van der Waals surface area (Å²) in [4.78, 5) is 10.4. The van der Waals surface area contributed by atoms with E-state index >= 15 is 0 Å². The maximum absolute atomic E-state index is 5.20. The fourth-order valence-electron chi connectivity index (χ4n) is 5.58. The van der Waals surface area contributed by atoms with E-state index in [-0.39, 0.29) is 0 Å². The molecule has 1 unspecified atom stereocenters. The maximum atomic E-state index is 5.20. The van der Waals surface area contributed by atoms with Gasteiger partial charge in [0.25, 0.3) is 0 Å². The van der Waals surface area contributed by atoms with Crippen LogP contribution in [0.5, 0.6) is 0 Å². The number of pyridine rings is 1. The lowest BCUT2D eigenvalue weighted by atomic mass is 10.0. The Morgan fingerprint density at radius 3 is 2.58 bits per heavy atom. The van der Waals surface area contributed by atoms with Crippen LogP contribution in [0.3, 0.4) is 0 Å². The van der Waals surface area contributed by atoms with Crippen LogP contribution in [0, 0.1) is 13.8 Å². The summed E-state index contributed by atoms with van der Waals surface area (Å²) in [5.74, 6) is 0. The molecule has 3 aromatic carbocycles. The third-order valence-electron chi connectivity index (χ3n) is 7.33. The van der Waals surface area contributed by atoms with Crippen molar-refractivity contribution in [2.24, 2.45) is 0 Å². The molecule has 3 nitrogen and oxygen atoms in total. The molecule has 2 aliphatic heterocycles. The zero-order valence-electron chi connectivity index (χ0n) is 19.6. The number of nitrogens with zero attached hydrogens (tertiary/aromatic N) is 3. The predicted octanol–water partition coefficient (Wildman–Crippen LogP) is 6.58. The third-order valence-corrected chi connectivity index (χ3v) is 7.33. The van der Waals surface area contributed by atoms with Crippen molar-refractivity contribution in [3.8, 4) is 0 Å². The lowest BCUT2D eigenvalue weighted by molar-refractivity contribution is 0.653. The second-order valence-corrected chi connectivity index (χ2v) is 9.81. The number of aryl methyl sites for hydroxylation is 2. The molecule has 0 spiro atoms. The van der Waals surface area contributed by atoms with Gasteiger partial charge in [-0.1, -0.05) is 54.1 Å². The number of fused-ring (bicyclic) bond motifs is 5. The van der Waals surface area contributed by atoms with E-state index in [1.807, 2.05) is 0 Å². The molecule has 166 valence electrons. The van der Waals surface area contributed by atoms with Gasteiger partial charge in [0.05, 0.1) is 16.9 Å². The van der Waals surface area contributed by atoms with E-state index in [2.05, 4.69) is 96.4 Å². The molecule has 1 saturated heterocycles. The van der Waals surface area contributed by atoms with Gasteiger partial charge in [-0.3, -0.25) is 4.98 Å². The topological polar surface area (TPSA) is 19.4 Å². The van der Waals surface area contributed by atoms with Crippen molar-refractivity contribution in [2.75, 3.05) is 16.3 Å². The van der Waals surface area contributed by atoms with Crippen molar-refractivity contribution >= 4 is 22.3 Å². The Labute approximate surface area is 196 Å². The smallest absolute Gasteiger partial charge is 0.0705 e. The lowest BCUT2D eigenvalue weighted by Crippen LogP contribution is -2.32. The third kappa shape index (κ3) is 3.86. The second-order valence-electron chi connectivity index (χ2n) is 9.81. The highest BCUT2D eigenvalue weighted by atomic mass is 15.2. The van der Waals surface area contributed by atoms with Crippen LogP contribution in [0.15, 0.2) is 72.8 Å². The Bertz CT molecular complexity index is 1310. The van der Waals surface area contributed by atoms with Crippen molar-refractivity contribution in [3.63, 3.8) is 0 Å². The molecule has 0 aliphatic carbocycles. The second kappa shape index (κ2) is 8.22. The Kier molecular flexibility index (Phi) is 5.05. The predicted molar refractivity (Wildman–Crippen MR) is 138 cm³/mol. The normalized spacial score (nSPS) is 17.7. The van der Waals surface area contributed by atoms with Crippen molar-refractivity contribution in [3.05, 3.63) is 101 Å². The molecule has 1 atom stereocenters. The molecule has 0 bridgehead atoms. The summed E-state index contributed by atoms with van der Waals surface area (Å²) in [5.41, 5.74) is 10.4. The van der Waals surface area contributed by atoms with Gasteiger partial charge in [0, 0.05) is 43.2 Å². The highest BCUT2D eigenvalue weighted by Gasteiger charge is 2.31. The number of anilines is 2. The van der Waals surface area contributed by atoms with E-state index in [0.717, 1.165) is 31.6 Å². The van der Waals surface area contributed by atoms with E-state index < -0.39 is 0 Å². The van der Waals surface area contributed by atoms with Crippen molar-refractivity contribution < 1.29 is 0 Å². The van der Waals surface area contributed by atoms with Crippen molar-refractivity contribution in [1.82, 2.24) is 4.98 Å². The summed E-state index contributed by atoms with van der Waals surface area (Å²) < 4.78 is 0. The summed E-state index contributed by atoms with van der Waals surface area (Å²) in [6, 6.07) is 27.5. The average Bonchev–Trinajstić information content (AvgIpc) is 3.28. The van der Waals surface area contributed by atoms with E-state index in [9.17, 15) is 0 Å². The first-order chi connectivity index (χ1) is 16.1. The van der Waals surface area contributed by atoms with Gasteiger partial charge >= 0.3 is 0 Å². The minimum Gasteiger partial charge on any atom is -0.366 e. The molecule has 0 N–H and O–H groups in total. The first-order valence-corrected chi connectivity index (χ1v) is 12.2. The zero-order chi connectivity index (χ0) is 22.4. The number of rotatable bonds is 2. The minimum absolute atomic E-state index is 0.512. The van der Waals surface area contributed by atoms with Gasteiger partial charge in [0.15, 0.2) is 0 Å². The van der Waals surface area contributed by atoms with E-state index in [4.69, 9.17) is 4.98 Å². The van der Waals surface area contributed by atoms with Gasteiger partial charge in [0.1, 0.15) is 0 Å². The zero-order valence-corrected chi connectivity index (χ0v) is 19.6. The molecule has 1 aromatic heterocycles. The Balaban J connectivity index is 1.52. The average molecular weight is 434 g/mol. The fourth-order valence-corrected chi connectivity index (χ4v) is 5.58. The lowest BCUT2D eigenvalue weighted by Gasteiger charge is -2.32. The standard InChI is InChI=1S/C30H31N3/c1-21-9-12-23(13-10-21)19-32-20-25-17-24-6-3-4-8-27(24)31-28(25)18-26-7-5-15-33(26)29-14-11-22(2)16-30(29)32/h3-4,6,8-14,16-17,26H,5,7,15,18-20H2,1-2H3. The van der Waals surface area contributed by atoms with Gasteiger partial charge in [-0.15, -0.1) is 0 Å². The minimum atomic E-state index is 0.512. The quantitative estimate of drug-likeness (QED) is 0.356. The van der Waals surface area contributed by atoms with Crippen LogP contribution in [-0.2, 0) is 19.5 Å². The molecule has 0 radical (unpaired) electrons. The number of para-hydroxylation sites is 1. The molecular formula is C30H31N3. The van der Waals surface area contributed by atoms with Crippen LogP contribution in [0.1, 0.15) is 40.8 Å². The number of benzene rings is 3. The van der Waals surface area contributed by atoms with E-state index in [0.29, 0.717) is 6.04 Å². The van der Waals surface area contributed by atoms with Crippen LogP contribution in [0.25, 0.3) is 10.9 Å². The van der Waals surface area contributed by atoms with Crippen molar-refractivity contribution in [1.29, 1.82) is 0 Å². The molecule has 3 heteroatoms. The summed E-state index contributed by atoms with van der Waals surface area (Å²) in [6.45, 7) is 7.26. The molecule has 6 rings (SSSR count). The largest absolute Gasteiger partial charge is 0.366 e. The number of aromatic nitrogens is 1. The van der Waals surface area contributed by atoms with Gasteiger partial charge in [0.2, 0.25) is 0 Å². The number of hydrogen-bond acceptors (Lipinski definition) is 3. The summed E-state index contributed by atoms with van der Waals surface area (Å²) in [5, 5.41) is 1.23. The van der Waals surface area contributed by atoms with Crippen LogP contribution < -0.4 is 9.80 Å². The van der Waals surface area contributed by atoms with Crippen LogP contribution >= 0.6 is 0 Å². The monoisotopic (exact) mass is 433 g/mol. The van der Waals surface area contributed by atoms with Crippen LogP contribution in [0.2, 0.25) is 0 Å². The SMILES string of the molecule is Cc1ccc(CN2Cc3cc4ccccc4nc3CC3CCCN3c3ccc(C)cc32)cc1. The van der Waals surface area contributed by atoms with Gasteiger partial charge in [-0.2, -0.15) is 0 Å². The number of hydrogen-bond donors (Lipinski definition) is 0. The van der Waals surface area contributed by atoms with E-state index in [1.54, 1.807) is 0 Å². The van der Waals surface area contributed by atoms with Crippen LogP contribution in [-0.4, -0.2) is 17.6 Å². The first-order valence-electron chi connectivity index (χ1n) is 12.2. The summed E-state index contributed by atoms with van der Waals surface area (Å²) >= 11 is 0. The summed E-state index contributed by atoms with van der Waals surface area (Å²) in [7, 11) is 0. The fraction of sp³-hybridized carbons (Fsp3) is 0.300. The molecule has 1 fully saturated rings. The Morgan fingerprint density at radius 2 is 1.70 bits per heavy atom. The molecule has 33 heavy (non-hydrogen) atoms. The first kappa shape index (κ1) is 20.3. The molecule has 2 aliphatic rings. The van der Waals surface area contributed by atoms with E-state index in [1.165, 1.54) is 57.6 Å². The van der Waals surface area contributed by atoms with Gasteiger partial charge in [-0.25, -0.2) is 0 Å². The van der Waals surface area contributed by atoms with Crippen molar-refractivity contribution in [2.45, 2.75) is 52.2 Å². The highest BCUT2D eigenvalue weighted by Crippen LogP contribution is 2.39. The molecule has 4 aromatic rings. The van der Waals surface area contributed by atoms with Gasteiger partial charge < -0.3 is 9.80 Å². The molecule has 3 heterocycles. The molecule has 0 amide bonds. The van der Waals surface area contributed by atoms with Gasteiger partial charge in [-0.05, 0) is 67.6 Å². The maximum Gasteiger partial charge on any atom is 0.0705 e. The van der Waals surface area contributed by atoms with Crippen LogP contribution in [0.4, 0.5) is 11.4 Å². The molecular weight excluding hydrogens is 402 g/mol. The highest BCUT2D eigenvalue weighted by molar-refractivity contribution is 5.80. The Morgan fingerprint density at radius 1 is 0.879 bits per heavy atom.